The number of benzene rings is 2. The molecule has 0 aliphatic rings. The number of thioether (sulfide) groups is 1. The number of nitrogens with zero attached hydrogens (tertiary/aromatic N) is 2. The molecule has 0 radical (unpaired) electrons. The van der Waals surface area contributed by atoms with Crippen molar-refractivity contribution in [1.82, 2.24) is 4.57 Å². The van der Waals surface area contributed by atoms with E-state index in [0.717, 1.165) is 21.7 Å². The van der Waals surface area contributed by atoms with Crippen LogP contribution in [0.15, 0.2) is 52.4 Å². The van der Waals surface area contributed by atoms with Crippen LogP contribution in [0, 0.1) is 6.92 Å². The number of ether oxygens (including phenoxy) is 1. The van der Waals surface area contributed by atoms with Gasteiger partial charge in [0.05, 0.1) is 11.3 Å². The highest BCUT2D eigenvalue weighted by atomic mass is 32.2. The van der Waals surface area contributed by atoms with Crippen LogP contribution in [0.3, 0.4) is 0 Å². The van der Waals surface area contributed by atoms with E-state index < -0.39 is 0 Å². The molecule has 0 fully saturated rings. The highest BCUT2D eigenvalue weighted by molar-refractivity contribution is 7.99. The van der Waals surface area contributed by atoms with Gasteiger partial charge in [-0.2, -0.15) is 4.99 Å². The van der Waals surface area contributed by atoms with E-state index in [2.05, 4.69) is 36.2 Å². The summed E-state index contributed by atoms with van der Waals surface area (Å²) in [6.07, 6.45) is 0.422. The fourth-order valence-corrected chi connectivity index (χ4v) is 4.49. The van der Waals surface area contributed by atoms with Gasteiger partial charge in [-0.25, -0.2) is 0 Å². The van der Waals surface area contributed by atoms with E-state index in [1.807, 2.05) is 36.7 Å². The minimum absolute atomic E-state index is 0.0928. The first-order valence-corrected chi connectivity index (χ1v) is 10.4. The van der Waals surface area contributed by atoms with Gasteiger partial charge in [-0.05, 0) is 38.1 Å². The van der Waals surface area contributed by atoms with Crippen molar-refractivity contribution in [2.75, 3.05) is 12.4 Å². The van der Waals surface area contributed by atoms with Crippen molar-refractivity contribution in [2.45, 2.75) is 25.2 Å². The second-order valence-electron chi connectivity index (χ2n) is 5.90. The van der Waals surface area contributed by atoms with E-state index in [-0.39, 0.29) is 5.91 Å². The second-order valence-corrected chi connectivity index (χ2v) is 8.07. The molecule has 4 nitrogen and oxygen atoms in total. The molecule has 0 aliphatic heterocycles. The van der Waals surface area contributed by atoms with Gasteiger partial charge in [0, 0.05) is 24.1 Å². The summed E-state index contributed by atoms with van der Waals surface area (Å²) in [5, 5.41) is 0. The Kier molecular flexibility index (Phi) is 6.16. The predicted molar refractivity (Wildman–Crippen MR) is 109 cm³/mol. The smallest absolute Gasteiger partial charge is 0.249 e. The summed E-state index contributed by atoms with van der Waals surface area (Å²) in [6, 6.07) is 14.3. The molecule has 0 saturated carbocycles. The minimum atomic E-state index is -0.0928. The molecule has 0 unspecified atom stereocenters. The Morgan fingerprint density at radius 1 is 1.23 bits per heavy atom. The van der Waals surface area contributed by atoms with Crippen LogP contribution in [0.2, 0.25) is 0 Å². The Morgan fingerprint density at radius 2 is 2.00 bits per heavy atom. The number of carbonyl (C=O) groups excluding carboxylic acids is 1. The molecule has 0 saturated heterocycles. The number of aryl methyl sites for hydroxylation is 2. The van der Waals surface area contributed by atoms with Crippen LogP contribution in [0.4, 0.5) is 0 Å². The molecule has 2 aromatic carbocycles. The van der Waals surface area contributed by atoms with Gasteiger partial charge in [0.2, 0.25) is 5.91 Å². The van der Waals surface area contributed by atoms with Crippen LogP contribution in [0.5, 0.6) is 5.75 Å². The van der Waals surface area contributed by atoms with Gasteiger partial charge < -0.3 is 9.30 Å². The fourth-order valence-electron chi connectivity index (χ4n) is 2.60. The number of thiazole rings is 1. The normalized spacial score (nSPS) is 11.9. The SMILES string of the molecule is CCOc1cccc2sc(=NC(=O)CCSc3ccc(C)cc3)n(C)c12. The highest BCUT2D eigenvalue weighted by Crippen LogP contribution is 2.27. The van der Waals surface area contributed by atoms with Gasteiger partial charge in [0.1, 0.15) is 11.3 Å². The zero-order valence-corrected chi connectivity index (χ0v) is 16.8. The van der Waals surface area contributed by atoms with Crippen molar-refractivity contribution in [3.05, 3.63) is 52.8 Å². The third kappa shape index (κ3) is 4.37. The van der Waals surface area contributed by atoms with Crippen molar-refractivity contribution in [1.29, 1.82) is 0 Å². The molecule has 136 valence electrons. The lowest BCUT2D eigenvalue weighted by Crippen LogP contribution is -2.13. The van der Waals surface area contributed by atoms with Crippen LogP contribution >= 0.6 is 23.1 Å². The standard InChI is InChI=1S/C20H22N2O2S2/c1-4-24-16-6-5-7-17-19(16)22(3)20(26-17)21-18(23)12-13-25-15-10-8-14(2)9-11-15/h5-11H,4,12-13H2,1-3H3. The number of carbonyl (C=O) groups is 1. The third-order valence-corrected chi connectivity index (χ3v) is 6.02. The minimum Gasteiger partial charge on any atom is -0.492 e. The molecule has 3 aromatic rings. The maximum atomic E-state index is 12.3. The predicted octanol–water partition coefficient (Wildman–Crippen LogP) is 4.56. The molecule has 1 aromatic heterocycles. The molecule has 0 aliphatic carbocycles. The monoisotopic (exact) mass is 386 g/mol. The Hall–Kier alpha value is -2.05. The molecule has 0 N–H and O–H groups in total. The van der Waals surface area contributed by atoms with Crippen LogP contribution in [0.25, 0.3) is 10.2 Å². The van der Waals surface area contributed by atoms with Gasteiger partial charge in [-0.15, -0.1) is 11.8 Å². The maximum absolute atomic E-state index is 12.3. The zero-order valence-electron chi connectivity index (χ0n) is 15.2. The number of aromatic nitrogens is 1. The molecule has 6 heteroatoms. The summed E-state index contributed by atoms with van der Waals surface area (Å²) >= 11 is 3.19. The Bertz CT molecular complexity index is 972. The number of para-hydroxylation sites is 1. The third-order valence-electron chi connectivity index (χ3n) is 3.91. The van der Waals surface area contributed by atoms with Gasteiger partial charge in [-0.3, -0.25) is 4.79 Å². The van der Waals surface area contributed by atoms with Crippen LogP contribution in [0.1, 0.15) is 18.9 Å². The summed E-state index contributed by atoms with van der Waals surface area (Å²) < 4.78 is 8.71. The highest BCUT2D eigenvalue weighted by Gasteiger charge is 2.10. The molecule has 0 spiro atoms. The second kappa shape index (κ2) is 8.56. The lowest BCUT2D eigenvalue weighted by atomic mass is 10.2. The first-order chi connectivity index (χ1) is 12.6. The number of fused-ring (bicyclic) bond motifs is 1. The van der Waals surface area contributed by atoms with Crippen molar-refractivity contribution < 1.29 is 9.53 Å². The summed E-state index contributed by atoms with van der Waals surface area (Å²) in [5.74, 6) is 1.46. The van der Waals surface area contributed by atoms with Crippen LogP contribution < -0.4 is 9.54 Å². The van der Waals surface area contributed by atoms with Crippen LogP contribution in [-0.2, 0) is 11.8 Å². The molecule has 0 atom stereocenters. The van der Waals surface area contributed by atoms with E-state index in [1.165, 1.54) is 21.8 Å². The molecular formula is C20H22N2O2S2. The number of amides is 1. The lowest BCUT2D eigenvalue weighted by molar-refractivity contribution is -0.117. The van der Waals surface area contributed by atoms with E-state index in [0.29, 0.717) is 17.8 Å². The van der Waals surface area contributed by atoms with Crippen molar-refractivity contribution >= 4 is 39.2 Å². The zero-order chi connectivity index (χ0) is 18.5. The molecule has 3 rings (SSSR count). The van der Waals surface area contributed by atoms with Gasteiger partial charge in [-0.1, -0.05) is 35.1 Å². The summed E-state index contributed by atoms with van der Waals surface area (Å²) in [4.78, 5) is 18.5. The molecular weight excluding hydrogens is 364 g/mol. The maximum Gasteiger partial charge on any atom is 0.249 e. The van der Waals surface area contributed by atoms with E-state index in [1.54, 1.807) is 11.8 Å². The quantitative estimate of drug-likeness (QED) is 0.584. The van der Waals surface area contributed by atoms with Crippen molar-refractivity contribution in [3.63, 3.8) is 0 Å². The van der Waals surface area contributed by atoms with Gasteiger partial charge in [0.25, 0.3) is 0 Å². The van der Waals surface area contributed by atoms with E-state index in [4.69, 9.17) is 4.74 Å². The van der Waals surface area contributed by atoms with E-state index >= 15 is 0 Å². The number of rotatable bonds is 6. The Morgan fingerprint density at radius 3 is 2.73 bits per heavy atom. The molecule has 1 amide bonds. The Balaban J connectivity index is 1.72. The van der Waals surface area contributed by atoms with E-state index in [9.17, 15) is 4.79 Å². The van der Waals surface area contributed by atoms with Gasteiger partial charge >= 0.3 is 0 Å². The number of hydrogen-bond donors (Lipinski definition) is 0. The molecule has 0 bridgehead atoms. The first kappa shape index (κ1) is 18.7. The van der Waals surface area contributed by atoms with Crippen LogP contribution in [-0.4, -0.2) is 22.8 Å². The average molecular weight is 387 g/mol. The average Bonchev–Trinajstić information content (AvgIpc) is 2.94. The largest absolute Gasteiger partial charge is 0.492 e. The van der Waals surface area contributed by atoms with Crippen molar-refractivity contribution in [2.24, 2.45) is 12.0 Å². The lowest BCUT2D eigenvalue weighted by Gasteiger charge is -2.05. The fraction of sp³-hybridized carbons (Fsp3) is 0.300. The molecule has 26 heavy (non-hydrogen) atoms. The van der Waals surface area contributed by atoms with Crippen molar-refractivity contribution in [3.8, 4) is 5.75 Å². The number of hydrogen-bond acceptors (Lipinski definition) is 4. The topological polar surface area (TPSA) is 43.6 Å². The summed E-state index contributed by atoms with van der Waals surface area (Å²) in [6.45, 7) is 4.64. The van der Waals surface area contributed by atoms with Gasteiger partial charge in [0.15, 0.2) is 4.80 Å². The Labute approximate surface area is 161 Å². The summed E-state index contributed by atoms with van der Waals surface area (Å²) in [5.41, 5.74) is 2.23. The molecule has 1 heterocycles. The first-order valence-electron chi connectivity index (χ1n) is 8.57. The summed E-state index contributed by atoms with van der Waals surface area (Å²) in [7, 11) is 1.93.